The number of alkyl halides is 3. The number of benzene rings is 1. The first-order chi connectivity index (χ1) is 10.8. The summed E-state index contributed by atoms with van der Waals surface area (Å²) in [5, 5.41) is 2.54. The first-order valence-corrected chi connectivity index (χ1v) is 7.98. The number of carbonyl (C=O) groups excluding carboxylic acids is 1. The van der Waals surface area contributed by atoms with Crippen molar-refractivity contribution in [3.8, 4) is 0 Å². The Hall–Kier alpha value is -2.02. The second-order valence-corrected chi connectivity index (χ2v) is 5.77. The highest BCUT2D eigenvalue weighted by atomic mass is 32.2. The van der Waals surface area contributed by atoms with E-state index in [9.17, 15) is 18.0 Å². The highest BCUT2D eigenvalue weighted by molar-refractivity contribution is 7.98. The molecule has 0 fully saturated rings. The molecule has 0 saturated heterocycles. The summed E-state index contributed by atoms with van der Waals surface area (Å²) in [5.74, 6) is -0.771. The fourth-order valence-electron chi connectivity index (χ4n) is 2.09. The Morgan fingerprint density at radius 2 is 2.04 bits per heavy atom. The van der Waals surface area contributed by atoms with Crippen molar-refractivity contribution in [3.63, 3.8) is 0 Å². The van der Waals surface area contributed by atoms with Gasteiger partial charge in [-0.2, -0.15) is 13.2 Å². The third-order valence-corrected chi connectivity index (χ3v) is 4.07. The van der Waals surface area contributed by atoms with Gasteiger partial charge in [0.25, 0.3) is 5.91 Å². The summed E-state index contributed by atoms with van der Waals surface area (Å²) < 4.78 is 38.7. The van der Waals surface area contributed by atoms with Gasteiger partial charge in [0.15, 0.2) is 0 Å². The number of nitrogens with zero attached hydrogens (tertiary/aromatic N) is 1. The molecule has 0 saturated carbocycles. The lowest BCUT2D eigenvalue weighted by Gasteiger charge is -2.13. The Morgan fingerprint density at radius 1 is 1.30 bits per heavy atom. The van der Waals surface area contributed by atoms with Crippen LogP contribution in [0.3, 0.4) is 0 Å². The quantitative estimate of drug-likeness (QED) is 0.854. The number of nitrogens with one attached hydrogen (secondary N) is 1. The zero-order valence-corrected chi connectivity index (χ0v) is 13.4. The Morgan fingerprint density at radius 3 is 2.70 bits per heavy atom. The molecule has 0 radical (unpaired) electrons. The van der Waals surface area contributed by atoms with Crippen molar-refractivity contribution in [1.29, 1.82) is 0 Å². The van der Waals surface area contributed by atoms with E-state index < -0.39 is 23.2 Å². The van der Waals surface area contributed by atoms with Gasteiger partial charge < -0.3 is 5.32 Å². The molecule has 0 aliphatic carbocycles. The fraction of sp³-hybridized carbons (Fsp3) is 0.250. The molecule has 1 aromatic heterocycles. The highest BCUT2D eigenvalue weighted by Crippen LogP contribution is 2.31. The van der Waals surface area contributed by atoms with Crippen molar-refractivity contribution in [2.75, 3.05) is 6.26 Å². The van der Waals surface area contributed by atoms with Crippen LogP contribution in [0.25, 0.3) is 0 Å². The average molecular weight is 340 g/mol. The van der Waals surface area contributed by atoms with Gasteiger partial charge in [-0.25, -0.2) is 0 Å². The van der Waals surface area contributed by atoms with Crippen LogP contribution in [0.1, 0.15) is 27.0 Å². The normalized spacial score (nSPS) is 11.3. The molecule has 0 aliphatic heterocycles. The van der Waals surface area contributed by atoms with Crippen molar-refractivity contribution in [2.45, 2.75) is 24.5 Å². The first kappa shape index (κ1) is 17.3. The molecule has 2 rings (SSSR count). The van der Waals surface area contributed by atoms with E-state index in [0.29, 0.717) is 6.20 Å². The zero-order valence-electron chi connectivity index (χ0n) is 12.6. The number of pyridine rings is 1. The largest absolute Gasteiger partial charge is 0.418 e. The number of carbonyl (C=O) groups is 1. The van der Waals surface area contributed by atoms with Crippen LogP contribution in [0.5, 0.6) is 0 Å². The van der Waals surface area contributed by atoms with Crippen molar-refractivity contribution < 1.29 is 18.0 Å². The average Bonchev–Trinajstić information content (AvgIpc) is 2.52. The van der Waals surface area contributed by atoms with Gasteiger partial charge in [0.2, 0.25) is 0 Å². The van der Waals surface area contributed by atoms with Crippen LogP contribution in [0.15, 0.2) is 41.6 Å². The Bertz CT molecular complexity index is 717. The van der Waals surface area contributed by atoms with Crippen molar-refractivity contribution >= 4 is 17.7 Å². The van der Waals surface area contributed by atoms with Crippen LogP contribution in [0, 0.1) is 6.92 Å². The molecule has 23 heavy (non-hydrogen) atoms. The van der Waals surface area contributed by atoms with Gasteiger partial charge >= 0.3 is 6.18 Å². The van der Waals surface area contributed by atoms with Gasteiger partial charge in [-0.05, 0) is 36.4 Å². The second-order valence-electron chi connectivity index (χ2n) is 4.92. The van der Waals surface area contributed by atoms with Crippen LogP contribution in [0.4, 0.5) is 13.2 Å². The lowest BCUT2D eigenvalue weighted by molar-refractivity contribution is -0.138. The molecule has 1 aromatic carbocycles. The number of aryl methyl sites for hydroxylation is 1. The van der Waals surface area contributed by atoms with Crippen molar-refractivity contribution in [1.82, 2.24) is 10.3 Å². The predicted octanol–water partition coefficient (Wildman–Crippen LogP) is 4.06. The molecule has 122 valence electrons. The van der Waals surface area contributed by atoms with E-state index in [1.807, 2.05) is 31.4 Å². The third kappa shape index (κ3) is 4.25. The maximum absolute atomic E-state index is 12.9. The smallest absolute Gasteiger partial charge is 0.348 e. The van der Waals surface area contributed by atoms with E-state index >= 15 is 0 Å². The molecule has 0 aliphatic rings. The van der Waals surface area contributed by atoms with E-state index in [1.54, 1.807) is 0 Å². The van der Waals surface area contributed by atoms with E-state index in [4.69, 9.17) is 0 Å². The minimum Gasteiger partial charge on any atom is -0.348 e. The number of halogens is 3. The minimum absolute atomic E-state index is 0.162. The second kappa shape index (κ2) is 7.04. The molecule has 0 bridgehead atoms. The summed E-state index contributed by atoms with van der Waals surface area (Å²) in [6.45, 7) is 2.11. The maximum Gasteiger partial charge on any atom is 0.418 e. The standard InChI is InChI=1S/C16H15F3N2OS/c1-10-3-4-11(14(7-10)23-2)8-21-15(22)12-5-6-20-9-13(12)16(17,18)19/h3-7,9H,8H2,1-2H3,(H,21,22). The summed E-state index contributed by atoms with van der Waals surface area (Å²) in [5.41, 5.74) is 0.480. The van der Waals surface area contributed by atoms with Crippen LogP contribution in [-0.2, 0) is 12.7 Å². The topological polar surface area (TPSA) is 42.0 Å². The lowest BCUT2D eigenvalue weighted by atomic mass is 10.1. The van der Waals surface area contributed by atoms with Crippen LogP contribution >= 0.6 is 11.8 Å². The Kier molecular flexibility index (Phi) is 5.30. The zero-order chi connectivity index (χ0) is 17.0. The molecule has 0 unspecified atom stereocenters. The number of thioether (sulfide) groups is 1. The number of hydrogen-bond donors (Lipinski definition) is 1. The van der Waals surface area contributed by atoms with Crippen molar-refractivity contribution in [3.05, 3.63) is 58.9 Å². The predicted molar refractivity (Wildman–Crippen MR) is 83.4 cm³/mol. The fourth-order valence-corrected chi connectivity index (χ4v) is 2.79. The van der Waals surface area contributed by atoms with E-state index in [1.165, 1.54) is 18.0 Å². The van der Waals surface area contributed by atoms with Crippen LogP contribution < -0.4 is 5.32 Å². The maximum atomic E-state index is 12.9. The first-order valence-electron chi connectivity index (χ1n) is 6.76. The molecular weight excluding hydrogens is 325 g/mol. The van der Waals surface area contributed by atoms with Gasteiger partial charge in [-0.1, -0.05) is 12.1 Å². The molecule has 7 heteroatoms. The van der Waals surface area contributed by atoms with Gasteiger partial charge in [0.05, 0.1) is 11.1 Å². The number of amides is 1. The Balaban J connectivity index is 2.18. The molecule has 1 amide bonds. The third-order valence-electron chi connectivity index (χ3n) is 3.25. The number of aromatic nitrogens is 1. The summed E-state index contributed by atoms with van der Waals surface area (Å²) in [7, 11) is 0. The minimum atomic E-state index is -4.62. The van der Waals surface area contributed by atoms with Crippen molar-refractivity contribution in [2.24, 2.45) is 0 Å². The number of rotatable bonds is 4. The monoisotopic (exact) mass is 340 g/mol. The summed E-state index contributed by atoms with van der Waals surface area (Å²) in [6, 6.07) is 6.80. The van der Waals surface area contributed by atoms with E-state index in [2.05, 4.69) is 10.3 Å². The lowest BCUT2D eigenvalue weighted by Crippen LogP contribution is -2.26. The Labute approximate surface area is 136 Å². The van der Waals surface area contributed by atoms with Gasteiger partial charge in [0, 0.05) is 23.8 Å². The summed E-state index contributed by atoms with van der Waals surface area (Å²) >= 11 is 1.52. The molecular formula is C16H15F3N2OS. The molecule has 3 nitrogen and oxygen atoms in total. The van der Waals surface area contributed by atoms with E-state index in [-0.39, 0.29) is 6.54 Å². The molecule has 0 spiro atoms. The van der Waals surface area contributed by atoms with Crippen LogP contribution in [0.2, 0.25) is 0 Å². The molecule has 0 atom stereocenters. The van der Waals surface area contributed by atoms with Gasteiger partial charge in [-0.3, -0.25) is 9.78 Å². The number of hydrogen-bond acceptors (Lipinski definition) is 3. The summed E-state index contributed by atoms with van der Waals surface area (Å²) in [4.78, 5) is 16.5. The summed E-state index contributed by atoms with van der Waals surface area (Å²) in [6.07, 6.45) is -0.878. The van der Waals surface area contributed by atoms with E-state index in [0.717, 1.165) is 22.1 Å². The van der Waals surface area contributed by atoms with Crippen LogP contribution in [-0.4, -0.2) is 17.1 Å². The van der Waals surface area contributed by atoms with Gasteiger partial charge in [-0.15, -0.1) is 11.8 Å². The molecule has 1 heterocycles. The SMILES string of the molecule is CSc1cc(C)ccc1CNC(=O)c1ccncc1C(F)(F)F. The van der Waals surface area contributed by atoms with Gasteiger partial charge in [0.1, 0.15) is 0 Å². The highest BCUT2D eigenvalue weighted by Gasteiger charge is 2.35. The molecule has 1 N–H and O–H groups in total. The molecule has 2 aromatic rings.